The first-order valence-corrected chi connectivity index (χ1v) is 41.3. The van der Waals surface area contributed by atoms with Gasteiger partial charge in [0.1, 0.15) is 24.4 Å². The molecule has 1 fully saturated rings. The molecule has 0 radical (unpaired) electrons. The van der Waals surface area contributed by atoms with Gasteiger partial charge in [-0.15, -0.1) is 0 Å². The van der Waals surface area contributed by atoms with Crippen molar-refractivity contribution in [3.8, 4) is 0 Å². The molecule has 7 unspecified atom stereocenters. The maximum absolute atomic E-state index is 13.1. The average Bonchev–Trinajstić information content (AvgIpc) is 0.844. The number of hydrogen-bond acceptors (Lipinski definition) is 10. The van der Waals surface area contributed by atoms with Crippen LogP contribution in [0, 0.1) is 0 Å². The van der Waals surface area contributed by atoms with Gasteiger partial charge in [-0.05, 0) is 70.6 Å². The van der Waals surface area contributed by atoms with Crippen molar-refractivity contribution in [2.75, 3.05) is 19.8 Å². The van der Waals surface area contributed by atoms with Gasteiger partial charge in [0.05, 0.1) is 32.0 Å². The summed E-state index contributed by atoms with van der Waals surface area (Å²) in [6.07, 6.45) is 84.8. The maximum atomic E-state index is 13.1. The van der Waals surface area contributed by atoms with Crippen molar-refractivity contribution in [1.82, 2.24) is 5.32 Å². The Morgan fingerprint density at radius 3 is 1.05 bits per heavy atom. The molecule has 94 heavy (non-hydrogen) atoms. The number of carbonyl (C=O) groups is 2. The normalized spacial score (nSPS) is 17.5. The largest absolute Gasteiger partial charge is 0.466 e. The fourth-order valence-electron chi connectivity index (χ4n) is 13.3. The lowest BCUT2D eigenvalue weighted by Crippen LogP contribution is -2.60. The molecule has 1 rings (SSSR count). The van der Waals surface area contributed by atoms with Crippen molar-refractivity contribution in [2.45, 2.75) is 461 Å². The standard InChI is InChI=1S/C83H157NO10/c1-3-5-7-9-11-13-15-17-47-51-55-59-63-67-71-79(88)92-72-68-64-60-56-52-48-44-42-40-38-36-34-32-30-28-26-24-22-20-18-19-21-23-25-27-29-31-33-35-37-39-41-43-46-50-54-58-62-66-70-78(87)84-75(74-93-83-82(91)81(90)80(89)77(73-85)94-83)76(86)69-65-61-57-53-49-45-16-14-12-10-8-6-4-2/h18-19,49,53,65,69,75-77,80-83,85-86,89-91H,3-17,20-48,50-52,54-64,66-68,70-74H2,1-2H3,(H,84,87)/b19-18-,53-49+,69-65+. The van der Waals surface area contributed by atoms with E-state index in [0.29, 0.717) is 19.4 Å². The van der Waals surface area contributed by atoms with Crippen LogP contribution in [0.1, 0.15) is 418 Å². The van der Waals surface area contributed by atoms with Crippen LogP contribution in [0.2, 0.25) is 0 Å². The highest BCUT2D eigenvalue weighted by Crippen LogP contribution is 2.24. The van der Waals surface area contributed by atoms with Crippen LogP contribution in [0.15, 0.2) is 36.5 Å². The van der Waals surface area contributed by atoms with E-state index in [2.05, 4.69) is 43.5 Å². The lowest BCUT2D eigenvalue weighted by molar-refractivity contribution is -0.302. The third kappa shape index (κ3) is 59.9. The van der Waals surface area contributed by atoms with Gasteiger partial charge in [-0.2, -0.15) is 0 Å². The molecule has 0 bridgehead atoms. The number of carbonyl (C=O) groups excluding carboxylic acids is 2. The minimum absolute atomic E-state index is 0.0196. The minimum Gasteiger partial charge on any atom is -0.466 e. The van der Waals surface area contributed by atoms with Crippen molar-refractivity contribution < 1.29 is 49.3 Å². The Kier molecular flexibility index (Phi) is 69.0. The number of hydrogen-bond donors (Lipinski definition) is 6. The van der Waals surface area contributed by atoms with E-state index in [9.17, 15) is 35.1 Å². The number of unbranched alkanes of at least 4 members (excludes halogenated alkanes) is 56. The van der Waals surface area contributed by atoms with Crippen molar-refractivity contribution in [1.29, 1.82) is 0 Å². The molecule has 0 aromatic heterocycles. The van der Waals surface area contributed by atoms with E-state index < -0.39 is 49.5 Å². The third-order valence-corrected chi connectivity index (χ3v) is 19.7. The highest BCUT2D eigenvalue weighted by molar-refractivity contribution is 5.76. The first kappa shape index (κ1) is 89.9. The molecule has 6 N–H and O–H groups in total. The van der Waals surface area contributed by atoms with Gasteiger partial charge in [-0.1, -0.05) is 371 Å². The van der Waals surface area contributed by atoms with Gasteiger partial charge in [0.15, 0.2) is 6.29 Å². The lowest BCUT2D eigenvalue weighted by atomic mass is 9.99. The Bertz CT molecular complexity index is 1660. The fraction of sp³-hybridized carbons (Fsp3) is 0.904. The van der Waals surface area contributed by atoms with Gasteiger partial charge in [-0.25, -0.2) is 0 Å². The van der Waals surface area contributed by atoms with Gasteiger partial charge in [0.2, 0.25) is 5.91 Å². The van der Waals surface area contributed by atoms with E-state index >= 15 is 0 Å². The van der Waals surface area contributed by atoms with Crippen LogP contribution in [0.3, 0.4) is 0 Å². The summed E-state index contributed by atoms with van der Waals surface area (Å²) in [7, 11) is 0. The van der Waals surface area contributed by atoms with Crippen LogP contribution in [-0.2, 0) is 23.8 Å². The third-order valence-electron chi connectivity index (χ3n) is 19.7. The SMILES string of the molecule is CCCCCCCCC/C=C/CC/C=C/C(O)C(COC1OC(CO)C(O)C(O)C1O)NC(=O)CCCCCCCCCCCCCCCCCCC/C=C\CCCCCCCCCCCCCCCCCCCCOC(=O)CCCCCCCCCCCCCCCC. The second-order valence-corrected chi connectivity index (χ2v) is 28.8. The van der Waals surface area contributed by atoms with Crippen molar-refractivity contribution in [3.63, 3.8) is 0 Å². The van der Waals surface area contributed by atoms with E-state index in [0.717, 1.165) is 51.4 Å². The zero-order valence-electron chi connectivity index (χ0n) is 62.0. The van der Waals surface area contributed by atoms with E-state index in [4.69, 9.17) is 14.2 Å². The van der Waals surface area contributed by atoms with Crippen molar-refractivity contribution >= 4 is 11.9 Å². The summed E-state index contributed by atoms with van der Waals surface area (Å²) in [5, 5.41) is 54.5. The Labute approximate surface area is 581 Å². The van der Waals surface area contributed by atoms with Gasteiger partial charge >= 0.3 is 5.97 Å². The molecule has 0 saturated carbocycles. The van der Waals surface area contributed by atoms with E-state index in [1.54, 1.807) is 6.08 Å². The zero-order chi connectivity index (χ0) is 67.9. The van der Waals surface area contributed by atoms with Crippen molar-refractivity contribution in [3.05, 3.63) is 36.5 Å². The second-order valence-electron chi connectivity index (χ2n) is 28.8. The van der Waals surface area contributed by atoms with Crippen LogP contribution < -0.4 is 5.32 Å². The van der Waals surface area contributed by atoms with Crippen LogP contribution >= 0.6 is 0 Å². The molecule has 0 spiro atoms. The van der Waals surface area contributed by atoms with E-state index in [-0.39, 0.29) is 18.5 Å². The van der Waals surface area contributed by atoms with Crippen LogP contribution in [0.4, 0.5) is 0 Å². The van der Waals surface area contributed by atoms with Gasteiger partial charge < -0.3 is 45.1 Å². The number of amides is 1. The molecular weight excluding hydrogens is 1170 g/mol. The number of nitrogens with one attached hydrogen (secondary N) is 1. The number of aliphatic hydroxyl groups excluding tert-OH is 5. The number of allylic oxidation sites excluding steroid dienone is 5. The quantitative estimate of drug-likeness (QED) is 0.0195. The van der Waals surface area contributed by atoms with Crippen LogP contribution in [-0.4, -0.2) is 100 Å². The van der Waals surface area contributed by atoms with Crippen molar-refractivity contribution in [2.24, 2.45) is 0 Å². The minimum atomic E-state index is -1.57. The van der Waals surface area contributed by atoms with E-state index in [1.165, 1.54) is 340 Å². The Balaban J connectivity index is 1.89. The Hall–Kier alpha value is -2.12. The van der Waals surface area contributed by atoms with Gasteiger partial charge in [-0.3, -0.25) is 9.59 Å². The maximum Gasteiger partial charge on any atom is 0.305 e. The van der Waals surface area contributed by atoms with E-state index in [1.807, 2.05) is 6.08 Å². The number of esters is 1. The molecule has 1 aliphatic heterocycles. The highest BCUT2D eigenvalue weighted by Gasteiger charge is 2.44. The average molecular weight is 1330 g/mol. The monoisotopic (exact) mass is 1330 g/mol. The number of rotatable bonds is 74. The summed E-state index contributed by atoms with van der Waals surface area (Å²) in [6, 6.07) is -0.824. The predicted molar refractivity (Wildman–Crippen MR) is 398 cm³/mol. The lowest BCUT2D eigenvalue weighted by Gasteiger charge is -2.40. The summed E-state index contributed by atoms with van der Waals surface area (Å²) in [4.78, 5) is 25.2. The first-order valence-electron chi connectivity index (χ1n) is 41.3. The highest BCUT2D eigenvalue weighted by atomic mass is 16.7. The summed E-state index contributed by atoms with van der Waals surface area (Å²) in [5.41, 5.74) is 0. The number of ether oxygens (including phenoxy) is 3. The Morgan fingerprint density at radius 1 is 0.383 bits per heavy atom. The molecule has 11 nitrogen and oxygen atoms in total. The summed E-state index contributed by atoms with van der Waals surface area (Å²) in [6.45, 7) is 4.38. The zero-order valence-corrected chi connectivity index (χ0v) is 62.0. The van der Waals surface area contributed by atoms with Gasteiger partial charge in [0, 0.05) is 12.8 Å². The predicted octanol–water partition coefficient (Wildman–Crippen LogP) is 22.5. The fourth-order valence-corrected chi connectivity index (χ4v) is 13.3. The molecular formula is C83H157NO10. The molecule has 1 amide bonds. The Morgan fingerprint density at radius 2 is 0.691 bits per heavy atom. The molecule has 554 valence electrons. The van der Waals surface area contributed by atoms with Gasteiger partial charge in [0.25, 0.3) is 0 Å². The summed E-state index contributed by atoms with van der Waals surface area (Å²) < 4.78 is 16.8. The number of aliphatic hydroxyl groups is 5. The van der Waals surface area contributed by atoms with Crippen LogP contribution in [0.5, 0.6) is 0 Å². The molecule has 1 aliphatic rings. The molecule has 0 aliphatic carbocycles. The molecule has 11 heteroatoms. The summed E-state index contributed by atoms with van der Waals surface area (Å²) >= 11 is 0. The molecule has 1 heterocycles. The second kappa shape index (κ2) is 72.1. The topological polar surface area (TPSA) is 175 Å². The molecule has 1 saturated heterocycles. The molecule has 0 aromatic carbocycles. The molecule has 0 aromatic rings. The first-order chi connectivity index (χ1) is 46.2. The smallest absolute Gasteiger partial charge is 0.305 e. The van der Waals surface area contributed by atoms with Crippen LogP contribution in [0.25, 0.3) is 0 Å². The molecule has 7 atom stereocenters. The summed E-state index contributed by atoms with van der Waals surface area (Å²) in [5.74, 6) is -0.166.